The maximum atomic E-state index is 13.3. The van der Waals surface area contributed by atoms with Gasteiger partial charge in [0.15, 0.2) is 0 Å². The third-order valence-electron chi connectivity index (χ3n) is 1.87. The molecular weight excluding hydrogens is 256 g/mol. The Morgan fingerprint density at radius 3 is 2.77 bits per heavy atom. The van der Waals surface area contributed by atoms with Crippen LogP contribution in [0.5, 0.6) is 0 Å². The van der Waals surface area contributed by atoms with Crippen molar-refractivity contribution in [3.8, 4) is 0 Å². The average molecular weight is 267 g/mol. The first-order valence-electron chi connectivity index (χ1n) is 3.85. The van der Waals surface area contributed by atoms with E-state index in [9.17, 15) is 4.39 Å². The summed E-state index contributed by atoms with van der Waals surface area (Å²) in [5.74, 6) is -0.450. The van der Waals surface area contributed by atoms with Crippen LogP contribution in [0.25, 0.3) is 0 Å². The maximum Gasteiger partial charge on any atom is 0.216 e. The van der Waals surface area contributed by atoms with Gasteiger partial charge >= 0.3 is 0 Å². The second-order valence-electron chi connectivity index (χ2n) is 3.51. The molecule has 0 saturated carbocycles. The lowest BCUT2D eigenvalue weighted by Crippen LogP contribution is -2.21. The summed E-state index contributed by atoms with van der Waals surface area (Å²) < 4.78 is 13.3. The van der Waals surface area contributed by atoms with Crippen LogP contribution >= 0.6 is 27.5 Å². The van der Waals surface area contributed by atoms with E-state index in [4.69, 9.17) is 11.6 Å². The summed E-state index contributed by atoms with van der Waals surface area (Å²) in [6.45, 7) is 3.86. The van der Waals surface area contributed by atoms with Gasteiger partial charge in [0.05, 0.1) is 5.02 Å². The first-order chi connectivity index (χ1) is 5.97. The quantitative estimate of drug-likeness (QED) is 0.589. The number of pyridine rings is 1. The third kappa shape index (κ3) is 2.41. The Morgan fingerprint density at radius 1 is 1.62 bits per heavy atom. The zero-order valence-corrected chi connectivity index (χ0v) is 9.78. The summed E-state index contributed by atoms with van der Waals surface area (Å²) >= 11 is 9.06. The topological polar surface area (TPSA) is 12.9 Å². The minimum absolute atomic E-state index is 0.290. The highest BCUT2D eigenvalue weighted by Gasteiger charge is 2.23. The van der Waals surface area contributed by atoms with E-state index >= 15 is 0 Å². The van der Waals surface area contributed by atoms with Crippen molar-refractivity contribution in [1.82, 2.24) is 4.98 Å². The van der Waals surface area contributed by atoms with Gasteiger partial charge in [0.2, 0.25) is 5.95 Å². The lowest BCUT2D eigenvalue weighted by molar-refractivity contribution is 0.506. The van der Waals surface area contributed by atoms with E-state index in [2.05, 4.69) is 20.9 Å². The standard InChI is InChI=1S/C9H10BrClFN/c1-9(2,5-10)7-3-6(11)4-13-8(7)12/h3-4H,5H2,1-2H3. The summed E-state index contributed by atoms with van der Waals surface area (Å²) in [5, 5.41) is 1.13. The Hall–Kier alpha value is -0.150. The van der Waals surface area contributed by atoms with Crippen LogP contribution in [-0.2, 0) is 5.41 Å². The normalized spacial score (nSPS) is 11.8. The summed E-state index contributed by atoms with van der Waals surface area (Å²) in [6.07, 6.45) is 1.31. The zero-order chi connectivity index (χ0) is 10.1. The molecule has 1 heterocycles. The molecule has 0 aliphatic rings. The van der Waals surface area contributed by atoms with Crippen LogP contribution in [0.3, 0.4) is 0 Å². The van der Waals surface area contributed by atoms with Gasteiger partial charge in [-0.25, -0.2) is 4.98 Å². The predicted octanol–water partition coefficient (Wildman–Crippen LogP) is 3.55. The number of aromatic nitrogens is 1. The van der Waals surface area contributed by atoms with Crippen LogP contribution in [0.1, 0.15) is 19.4 Å². The van der Waals surface area contributed by atoms with Crippen LogP contribution in [-0.4, -0.2) is 10.3 Å². The van der Waals surface area contributed by atoms with Crippen molar-refractivity contribution in [3.05, 3.63) is 28.8 Å². The van der Waals surface area contributed by atoms with E-state index < -0.39 is 5.95 Å². The molecule has 1 rings (SSSR count). The summed E-state index contributed by atoms with van der Waals surface area (Å²) in [7, 11) is 0. The fourth-order valence-corrected chi connectivity index (χ4v) is 1.43. The SMILES string of the molecule is CC(C)(CBr)c1cc(Cl)cnc1F. The molecule has 0 fully saturated rings. The number of hydrogen-bond donors (Lipinski definition) is 0. The first-order valence-corrected chi connectivity index (χ1v) is 5.35. The Morgan fingerprint density at radius 2 is 2.23 bits per heavy atom. The Balaban J connectivity index is 3.20. The molecule has 0 aliphatic carbocycles. The molecule has 1 aromatic rings. The molecule has 0 amide bonds. The molecule has 0 aliphatic heterocycles. The van der Waals surface area contributed by atoms with Crippen molar-refractivity contribution < 1.29 is 4.39 Å². The van der Waals surface area contributed by atoms with Gasteiger partial charge < -0.3 is 0 Å². The zero-order valence-electron chi connectivity index (χ0n) is 7.44. The maximum absolute atomic E-state index is 13.3. The van der Waals surface area contributed by atoms with Gasteiger partial charge in [0.1, 0.15) is 0 Å². The largest absolute Gasteiger partial charge is 0.227 e. The monoisotopic (exact) mass is 265 g/mol. The first kappa shape index (κ1) is 10.9. The molecular formula is C9H10BrClFN. The number of alkyl halides is 1. The van der Waals surface area contributed by atoms with E-state index in [0.29, 0.717) is 15.9 Å². The van der Waals surface area contributed by atoms with Gasteiger partial charge in [-0.2, -0.15) is 4.39 Å². The molecule has 0 spiro atoms. The second kappa shape index (κ2) is 3.93. The molecule has 0 N–H and O–H groups in total. The fraction of sp³-hybridized carbons (Fsp3) is 0.444. The van der Waals surface area contributed by atoms with Gasteiger partial charge in [0.25, 0.3) is 0 Å². The summed E-state index contributed by atoms with van der Waals surface area (Å²) in [4.78, 5) is 3.57. The van der Waals surface area contributed by atoms with Crippen molar-refractivity contribution in [2.24, 2.45) is 0 Å². The van der Waals surface area contributed by atoms with Crippen molar-refractivity contribution in [2.45, 2.75) is 19.3 Å². The van der Waals surface area contributed by atoms with E-state index in [-0.39, 0.29) is 5.41 Å². The molecule has 0 aromatic carbocycles. The van der Waals surface area contributed by atoms with Gasteiger partial charge in [0, 0.05) is 22.5 Å². The smallest absolute Gasteiger partial charge is 0.216 e. The Kier molecular flexibility index (Phi) is 3.30. The molecule has 0 radical (unpaired) electrons. The summed E-state index contributed by atoms with van der Waals surface area (Å²) in [6, 6.07) is 1.62. The molecule has 0 saturated heterocycles. The highest BCUT2D eigenvalue weighted by atomic mass is 79.9. The van der Waals surface area contributed by atoms with Gasteiger partial charge in [-0.1, -0.05) is 41.4 Å². The van der Waals surface area contributed by atoms with Crippen molar-refractivity contribution >= 4 is 27.5 Å². The highest BCUT2D eigenvalue weighted by molar-refractivity contribution is 9.09. The molecule has 1 nitrogen and oxygen atoms in total. The molecule has 0 bridgehead atoms. The lowest BCUT2D eigenvalue weighted by Gasteiger charge is -2.22. The number of halogens is 3. The van der Waals surface area contributed by atoms with Crippen LogP contribution in [0, 0.1) is 5.95 Å². The Bertz CT molecular complexity index is 314. The van der Waals surface area contributed by atoms with Crippen LogP contribution < -0.4 is 0 Å². The molecule has 1 aromatic heterocycles. The number of nitrogens with zero attached hydrogens (tertiary/aromatic N) is 1. The molecule has 0 unspecified atom stereocenters. The van der Waals surface area contributed by atoms with E-state index in [1.54, 1.807) is 6.07 Å². The average Bonchev–Trinajstić information content (AvgIpc) is 2.09. The molecule has 0 atom stereocenters. The number of rotatable bonds is 2. The Labute approximate surface area is 90.4 Å². The molecule has 72 valence electrons. The minimum Gasteiger partial charge on any atom is -0.227 e. The molecule has 4 heteroatoms. The van der Waals surface area contributed by atoms with Crippen molar-refractivity contribution in [1.29, 1.82) is 0 Å². The number of hydrogen-bond acceptors (Lipinski definition) is 1. The van der Waals surface area contributed by atoms with Crippen LogP contribution in [0.4, 0.5) is 4.39 Å². The lowest BCUT2D eigenvalue weighted by atomic mass is 9.88. The van der Waals surface area contributed by atoms with Crippen LogP contribution in [0.2, 0.25) is 5.02 Å². The molecule has 13 heavy (non-hydrogen) atoms. The third-order valence-corrected chi connectivity index (χ3v) is 3.48. The van der Waals surface area contributed by atoms with E-state index in [1.165, 1.54) is 6.20 Å². The second-order valence-corrected chi connectivity index (χ2v) is 4.51. The van der Waals surface area contributed by atoms with Crippen molar-refractivity contribution in [2.75, 3.05) is 5.33 Å². The van der Waals surface area contributed by atoms with Crippen molar-refractivity contribution in [3.63, 3.8) is 0 Å². The summed E-state index contributed by atoms with van der Waals surface area (Å²) in [5.41, 5.74) is 0.249. The minimum atomic E-state index is -0.450. The van der Waals surface area contributed by atoms with Gasteiger partial charge in [-0.15, -0.1) is 0 Å². The van der Waals surface area contributed by atoms with E-state index in [1.807, 2.05) is 13.8 Å². The van der Waals surface area contributed by atoms with Gasteiger partial charge in [-0.3, -0.25) is 0 Å². The van der Waals surface area contributed by atoms with E-state index in [0.717, 1.165) is 0 Å². The van der Waals surface area contributed by atoms with Gasteiger partial charge in [-0.05, 0) is 6.07 Å². The predicted molar refractivity (Wildman–Crippen MR) is 56.0 cm³/mol. The highest BCUT2D eigenvalue weighted by Crippen LogP contribution is 2.28. The fourth-order valence-electron chi connectivity index (χ4n) is 0.969. The van der Waals surface area contributed by atoms with Crippen LogP contribution in [0.15, 0.2) is 12.3 Å².